The van der Waals surface area contributed by atoms with Gasteiger partial charge in [0.05, 0.1) is 16.4 Å². The Kier molecular flexibility index (Phi) is 8.28. The van der Waals surface area contributed by atoms with E-state index in [9.17, 15) is 0 Å². The molecule has 0 aromatic rings. The lowest BCUT2D eigenvalue weighted by Gasteiger charge is -2.33. The first-order chi connectivity index (χ1) is 12.3. The van der Waals surface area contributed by atoms with E-state index in [0.29, 0.717) is 18.1 Å². The minimum atomic E-state index is 0.249. The molecule has 0 saturated heterocycles. The SMILES string of the molecule is [SiH3]NC(NC1CCCCC1)C(=NC1CCCCC1)NC1CCCCC1. The first-order valence-corrected chi connectivity index (χ1v) is 12.1. The van der Waals surface area contributed by atoms with E-state index < -0.39 is 0 Å². The third-order valence-electron chi connectivity index (χ3n) is 6.42. The fraction of sp³-hybridized carbons (Fsp3) is 0.950. The minimum absolute atomic E-state index is 0.249. The van der Waals surface area contributed by atoms with Crippen molar-refractivity contribution in [1.82, 2.24) is 15.6 Å². The molecule has 1 atom stereocenters. The lowest BCUT2D eigenvalue weighted by molar-refractivity contribution is 0.348. The van der Waals surface area contributed by atoms with Gasteiger partial charge in [-0.05, 0) is 38.5 Å². The number of hydrogen-bond donors (Lipinski definition) is 3. The average Bonchev–Trinajstić information content (AvgIpc) is 2.68. The summed E-state index contributed by atoms with van der Waals surface area (Å²) in [5.41, 5.74) is 0. The summed E-state index contributed by atoms with van der Waals surface area (Å²) in [5.74, 6) is 1.24. The Labute approximate surface area is 157 Å². The number of hydrogen-bond acceptors (Lipinski definition) is 3. The lowest BCUT2D eigenvalue weighted by Crippen LogP contribution is -2.58. The van der Waals surface area contributed by atoms with E-state index in [0.717, 1.165) is 10.4 Å². The molecular formula is C20H40N4Si. The van der Waals surface area contributed by atoms with Crippen molar-refractivity contribution in [2.75, 3.05) is 0 Å². The Morgan fingerprint density at radius 1 is 0.720 bits per heavy atom. The molecule has 0 bridgehead atoms. The van der Waals surface area contributed by atoms with Crippen LogP contribution in [0.2, 0.25) is 0 Å². The molecule has 3 aliphatic rings. The van der Waals surface area contributed by atoms with Gasteiger partial charge in [-0.1, -0.05) is 57.8 Å². The second-order valence-corrected chi connectivity index (χ2v) is 9.09. The molecule has 3 rings (SSSR count). The van der Waals surface area contributed by atoms with Gasteiger partial charge in [0.1, 0.15) is 12.0 Å². The Morgan fingerprint density at radius 2 is 1.24 bits per heavy atom. The molecule has 3 saturated carbocycles. The van der Waals surface area contributed by atoms with Gasteiger partial charge in [0.25, 0.3) is 0 Å². The van der Waals surface area contributed by atoms with Crippen molar-refractivity contribution >= 4 is 16.2 Å². The molecule has 0 aromatic heterocycles. The van der Waals surface area contributed by atoms with Crippen LogP contribution in [0, 0.1) is 0 Å². The molecule has 0 aromatic carbocycles. The normalized spacial score (nSPS) is 26.6. The van der Waals surface area contributed by atoms with Crippen LogP contribution in [0.3, 0.4) is 0 Å². The monoisotopic (exact) mass is 364 g/mol. The van der Waals surface area contributed by atoms with Gasteiger partial charge in [0, 0.05) is 12.1 Å². The highest BCUT2D eigenvalue weighted by molar-refractivity contribution is 6.07. The molecular weight excluding hydrogens is 324 g/mol. The van der Waals surface area contributed by atoms with Crippen molar-refractivity contribution in [1.29, 1.82) is 0 Å². The molecule has 5 heteroatoms. The highest BCUT2D eigenvalue weighted by Gasteiger charge is 2.24. The highest BCUT2D eigenvalue weighted by Crippen LogP contribution is 2.22. The Hall–Kier alpha value is -0.393. The van der Waals surface area contributed by atoms with E-state index in [2.05, 4.69) is 15.6 Å². The minimum Gasteiger partial charge on any atom is -0.369 e. The van der Waals surface area contributed by atoms with Gasteiger partial charge in [-0.3, -0.25) is 10.3 Å². The molecule has 1 unspecified atom stereocenters. The molecule has 4 nitrogen and oxygen atoms in total. The molecule has 0 radical (unpaired) electrons. The van der Waals surface area contributed by atoms with Gasteiger partial charge in [-0.2, -0.15) is 0 Å². The molecule has 144 valence electrons. The fourth-order valence-electron chi connectivity index (χ4n) is 4.86. The van der Waals surface area contributed by atoms with Crippen molar-refractivity contribution in [3.63, 3.8) is 0 Å². The molecule has 0 aliphatic heterocycles. The Balaban J connectivity index is 1.66. The molecule has 3 aliphatic carbocycles. The molecule has 0 spiro atoms. The third kappa shape index (κ3) is 6.37. The largest absolute Gasteiger partial charge is 0.369 e. The van der Waals surface area contributed by atoms with Gasteiger partial charge < -0.3 is 10.3 Å². The third-order valence-corrected chi connectivity index (χ3v) is 7.00. The maximum atomic E-state index is 5.27. The van der Waals surface area contributed by atoms with Crippen LogP contribution in [0.1, 0.15) is 96.3 Å². The standard InChI is InChI=1S/C20H40N4Si/c25-24-20(23-18-14-8-3-9-15-18)19(21-16-10-4-1-5-11-16)22-17-12-6-2-7-13-17/h16-18,20,23-24H,1-15H2,25H3,(H,21,22). The summed E-state index contributed by atoms with van der Waals surface area (Å²) in [7, 11) is 1.00. The summed E-state index contributed by atoms with van der Waals surface area (Å²) in [6.45, 7) is 0. The summed E-state index contributed by atoms with van der Waals surface area (Å²) >= 11 is 0. The van der Waals surface area contributed by atoms with Crippen LogP contribution < -0.4 is 15.6 Å². The number of amidine groups is 1. The van der Waals surface area contributed by atoms with E-state index in [1.807, 2.05) is 0 Å². The lowest BCUT2D eigenvalue weighted by atomic mass is 9.94. The van der Waals surface area contributed by atoms with Gasteiger partial charge in [0.2, 0.25) is 0 Å². The topological polar surface area (TPSA) is 48.5 Å². The number of aliphatic imine (C=N–C) groups is 1. The zero-order valence-corrected chi connectivity index (χ0v) is 18.4. The van der Waals surface area contributed by atoms with Crippen LogP contribution >= 0.6 is 0 Å². The van der Waals surface area contributed by atoms with Crippen LogP contribution in [-0.2, 0) is 0 Å². The first kappa shape index (κ1) is 19.4. The second kappa shape index (κ2) is 10.7. The molecule has 0 amide bonds. The van der Waals surface area contributed by atoms with Gasteiger partial charge in [0.15, 0.2) is 0 Å². The van der Waals surface area contributed by atoms with Crippen LogP contribution in [0.5, 0.6) is 0 Å². The van der Waals surface area contributed by atoms with Crippen LogP contribution in [0.15, 0.2) is 4.99 Å². The summed E-state index contributed by atoms with van der Waals surface area (Å²) in [6.07, 6.45) is 20.6. The Bertz CT molecular complexity index is 397. The summed E-state index contributed by atoms with van der Waals surface area (Å²) in [6, 6.07) is 1.86. The molecule has 25 heavy (non-hydrogen) atoms. The van der Waals surface area contributed by atoms with Gasteiger partial charge in [-0.15, -0.1) is 0 Å². The summed E-state index contributed by atoms with van der Waals surface area (Å²) < 4.78 is 0. The fourth-order valence-corrected chi connectivity index (χ4v) is 5.30. The zero-order chi connectivity index (χ0) is 17.3. The van der Waals surface area contributed by atoms with Crippen molar-refractivity contribution in [3.05, 3.63) is 0 Å². The van der Waals surface area contributed by atoms with E-state index in [1.165, 1.54) is 102 Å². The molecule has 3 N–H and O–H groups in total. The predicted molar refractivity (Wildman–Crippen MR) is 111 cm³/mol. The average molecular weight is 365 g/mol. The van der Waals surface area contributed by atoms with Gasteiger partial charge >= 0.3 is 0 Å². The molecule has 0 heterocycles. The van der Waals surface area contributed by atoms with E-state index in [1.54, 1.807) is 0 Å². The number of nitrogens with zero attached hydrogens (tertiary/aromatic N) is 1. The quantitative estimate of drug-likeness (QED) is 0.294. The van der Waals surface area contributed by atoms with Crippen LogP contribution in [0.4, 0.5) is 0 Å². The predicted octanol–water partition coefficient (Wildman–Crippen LogP) is 2.76. The first-order valence-electron chi connectivity index (χ1n) is 11.1. The number of rotatable bonds is 6. The van der Waals surface area contributed by atoms with Crippen LogP contribution in [-0.4, -0.2) is 40.5 Å². The maximum absolute atomic E-state index is 5.27. The van der Waals surface area contributed by atoms with Crippen molar-refractivity contribution in [3.8, 4) is 0 Å². The Morgan fingerprint density at radius 3 is 1.80 bits per heavy atom. The van der Waals surface area contributed by atoms with Crippen molar-refractivity contribution < 1.29 is 0 Å². The van der Waals surface area contributed by atoms with Crippen LogP contribution in [0.25, 0.3) is 0 Å². The van der Waals surface area contributed by atoms with Crippen molar-refractivity contribution in [2.45, 2.75) is 121 Å². The van der Waals surface area contributed by atoms with Crippen molar-refractivity contribution in [2.24, 2.45) is 4.99 Å². The summed E-state index contributed by atoms with van der Waals surface area (Å²) in [5, 5.41) is 7.81. The number of nitrogens with one attached hydrogen (secondary N) is 3. The maximum Gasteiger partial charge on any atom is 0.128 e. The zero-order valence-electron chi connectivity index (χ0n) is 16.4. The highest BCUT2D eigenvalue weighted by atomic mass is 28.2. The van der Waals surface area contributed by atoms with E-state index in [-0.39, 0.29) is 6.17 Å². The van der Waals surface area contributed by atoms with E-state index >= 15 is 0 Å². The second-order valence-electron chi connectivity index (χ2n) is 8.51. The van der Waals surface area contributed by atoms with Gasteiger partial charge in [-0.25, -0.2) is 0 Å². The molecule has 3 fully saturated rings. The summed E-state index contributed by atoms with van der Waals surface area (Å²) in [4.78, 5) is 8.93. The smallest absolute Gasteiger partial charge is 0.128 e. The van der Waals surface area contributed by atoms with E-state index in [4.69, 9.17) is 4.99 Å².